The first-order valence-electron chi connectivity index (χ1n) is 10.7. The normalized spacial score (nSPS) is 14.0. The predicted molar refractivity (Wildman–Crippen MR) is 123 cm³/mol. The van der Waals surface area contributed by atoms with E-state index in [1.807, 2.05) is 0 Å². The largest absolute Gasteiger partial charge is 0.465 e. The lowest BCUT2D eigenvalue weighted by Gasteiger charge is -2.24. The van der Waals surface area contributed by atoms with Gasteiger partial charge in [-0.15, -0.1) is 0 Å². The molecule has 0 radical (unpaired) electrons. The van der Waals surface area contributed by atoms with E-state index in [2.05, 4.69) is 19.6 Å². The minimum atomic E-state index is -3.97. The first kappa shape index (κ1) is 23.4. The molecule has 3 aromatic rings. The number of nitrogens with one attached hydrogen (secondary N) is 1. The maximum absolute atomic E-state index is 13.1. The number of hydrogen-bond donors (Lipinski definition) is 1. The van der Waals surface area contributed by atoms with Gasteiger partial charge in [-0.2, -0.15) is 4.98 Å². The van der Waals surface area contributed by atoms with Crippen molar-refractivity contribution in [2.45, 2.75) is 31.1 Å². The highest BCUT2D eigenvalue weighted by molar-refractivity contribution is 7.92. The molecule has 4 rings (SSSR count). The lowest BCUT2D eigenvalue weighted by molar-refractivity contribution is 0.0600. The number of benzene rings is 2. The Hall–Kier alpha value is -3.73. The zero-order valence-electron chi connectivity index (χ0n) is 18.8. The first-order chi connectivity index (χ1) is 16.3. The molecule has 2 aromatic carbocycles. The van der Waals surface area contributed by atoms with E-state index >= 15 is 0 Å². The summed E-state index contributed by atoms with van der Waals surface area (Å²) in [6.07, 6.45) is 2.96. The van der Waals surface area contributed by atoms with Gasteiger partial charge in [-0.25, -0.2) is 13.2 Å². The number of methoxy groups -OCH3 is 1. The van der Waals surface area contributed by atoms with Crippen LogP contribution in [-0.2, 0) is 14.8 Å². The molecule has 1 aliphatic rings. The standard InChI is InChI=1S/C23H24N4O6S/c1-15-6-7-17(20-24-21(33-25-20)22(28)27-12-4-3-5-13-27)14-19(15)34(30,31)26-18-10-8-16(9-11-18)23(29)32-2/h6-11,14,26H,3-5,12-13H2,1-2H3. The second kappa shape index (κ2) is 9.64. The molecule has 0 aliphatic carbocycles. The number of nitrogens with zero attached hydrogens (tertiary/aromatic N) is 3. The summed E-state index contributed by atoms with van der Waals surface area (Å²) in [7, 11) is -2.70. The summed E-state index contributed by atoms with van der Waals surface area (Å²) >= 11 is 0. The van der Waals surface area contributed by atoms with Crippen molar-refractivity contribution in [1.29, 1.82) is 0 Å². The topological polar surface area (TPSA) is 132 Å². The smallest absolute Gasteiger partial charge is 0.337 e. The van der Waals surface area contributed by atoms with Crippen LogP contribution in [0.2, 0.25) is 0 Å². The number of aromatic nitrogens is 2. The maximum atomic E-state index is 13.1. The van der Waals surface area contributed by atoms with Gasteiger partial charge in [0.15, 0.2) is 0 Å². The van der Waals surface area contributed by atoms with Crippen molar-refractivity contribution < 1.29 is 27.3 Å². The van der Waals surface area contributed by atoms with E-state index < -0.39 is 16.0 Å². The van der Waals surface area contributed by atoms with Gasteiger partial charge < -0.3 is 14.2 Å². The Labute approximate surface area is 197 Å². The molecule has 0 atom stereocenters. The van der Waals surface area contributed by atoms with E-state index in [0.717, 1.165) is 19.3 Å². The van der Waals surface area contributed by atoms with Crippen LogP contribution in [0, 0.1) is 6.92 Å². The molecule has 1 saturated heterocycles. The number of hydrogen-bond acceptors (Lipinski definition) is 8. The van der Waals surface area contributed by atoms with Gasteiger partial charge >= 0.3 is 17.8 Å². The molecule has 2 heterocycles. The average Bonchev–Trinajstić information content (AvgIpc) is 3.34. The molecule has 1 N–H and O–H groups in total. The second-order valence-corrected chi connectivity index (χ2v) is 9.58. The van der Waals surface area contributed by atoms with Gasteiger partial charge in [0.1, 0.15) is 0 Å². The van der Waals surface area contributed by atoms with Crippen molar-refractivity contribution >= 4 is 27.6 Å². The molecule has 178 valence electrons. The third-order valence-electron chi connectivity index (χ3n) is 5.55. The third kappa shape index (κ3) is 4.93. The van der Waals surface area contributed by atoms with Gasteiger partial charge in [0.05, 0.1) is 17.6 Å². The van der Waals surface area contributed by atoms with Crippen molar-refractivity contribution in [3.63, 3.8) is 0 Å². The molecule has 11 heteroatoms. The Balaban J connectivity index is 1.56. The van der Waals surface area contributed by atoms with Crippen LogP contribution in [0.25, 0.3) is 11.4 Å². The molecule has 10 nitrogen and oxygen atoms in total. The number of piperidine rings is 1. The fourth-order valence-electron chi connectivity index (χ4n) is 3.69. The number of anilines is 1. The molecule has 0 bridgehead atoms. The number of carbonyl (C=O) groups excluding carboxylic acids is 2. The van der Waals surface area contributed by atoms with Gasteiger partial charge in [0.25, 0.3) is 10.0 Å². The molecule has 0 saturated carbocycles. The number of aryl methyl sites for hydroxylation is 1. The molecule has 1 amide bonds. The molecule has 0 spiro atoms. The van der Waals surface area contributed by atoms with Crippen LogP contribution < -0.4 is 4.72 Å². The molecule has 1 fully saturated rings. The van der Waals surface area contributed by atoms with Crippen LogP contribution in [0.4, 0.5) is 5.69 Å². The molecular formula is C23H24N4O6S. The van der Waals surface area contributed by atoms with Crippen LogP contribution in [-0.4, -0.2) is 55.5 Å². The lowest BCUT2D eigenvalue weighted by atomic mass is 10.1. The Morgan fingerprint density at radius 2 is 1.76 bits per heavy atom. The van der Waals surface area contributed by atoms with E-state index in [1.165, 1.54) is 37.4 Å². The Kier molecular flexibility index (Phi) is 6.64. The van der Waals surface area contributed by atoms with E-state index in [1.54, 1.807) is 24.0 Å². The summed E-state index contributed by atoms with van der Waals surface area (Å²) in [6.45, 7) is 2.96. The number of ether oxygens (including phenoxy) is 1. The average molecular weight is 485 g/mol. The van der Waals surface area contributed by atoms with Crippen LogP contribution in [0.3, 0.4) is 0 Å². The lowest BCUT2D eigenvalue weighted by Crippen LogP contribution is -2.35. The summed E-state index contributed by atoms with van der Waals surface area (Å²) in [5.41, 5.74) is 1.49. The Bertz CT molecular complexity index is 1310. The fraction of sp³-hybridized carbons (Fsp3) is 0.304. The van der Waals surface area contributed by atoms with E-state index in [9.17, 15) is 18.0 Å². The van der Waals surface area contributed by atoms with Crippen LogP contribution in [0.5, 0.6) is 0 Å². The summed E-state index contributed by atoms with van der Waals surface area (Å²) in [6, 6.07) is 10.6. The van der Waals surface area contributed by atoms with Gasteiger partial charge in [-0.1, -0.05) is 17.3 Å². The molecule has 0 unspecified atom stereocenters. The number of esters is 1. The maximum Gasteiger partial charge on any atom is 0.337 e. The molecular weight excluding hydrogens is 460 g/mol. The van der Waals surface area contributed by atoms with E-state index in [4.69, 9.17) is 4.52 Å². The minimum absolute atomic E-state index is 0.0238. The number of amides is 1. The number of sulfonamides is 1. The highest BCUT2D eigenvalue weighted by Crippen LogP contribution is 2.26. The summed E-state index contributed by atoms with van der Waals surface area (Å²) < 4.78 is 38.5. The highest BCUT2D eigenvalue weighted by atomic mass is 32.2. The van der Waals surface area contributed by atoms with Gasteiger partial charge in [-0.3, -0.25) is 9.52 Å². The van der Waals surface area contributed by atoms with E-state index in [-0.39, 0.29) is 28.2 Å². The van der Waals surface area contributed by atoms with E-state index in [0.29, 0.717) is 29.8 Å². The summed E-state index contributed by atoms with van der Waals surface area (Å²) in [5.74, 6) is -0.836. The van der Waals surface area contributed by atoms with Crippen molar-refractivity contribution in [3.8, 4) is 11.4 Å². The number of likely N-dealkylation sites (tertiary alicyclic amines) is 1. The fourth-order valence-corrected chi connectivity index (χ4v) is 5.02. The summed E-state index contributed by atoms with van der Waals surface area (Å²) in [5, 5.41) is 3.88. The quantitative estimate of drug-likeness (QED) is 0.528. The summed E-state index contributed by atoms with van der Waals surface area (Å²) in [4.78, 5) is 30.1. The highest BCUT2D eigenvalue weighted by Gasteiger charge is 2.25. The van der Waals surface area contributed by atoms with Gasteiger partial charge in [0.2, 0.25) is 5.82 Å². The number of rotatable bonds is 6. The van der Waals surface area contributed by atoms with Gasteiger partial charge in [0, 0.05) is 24.3 Å². The minimum Gasteiger partial charge on any atom is -0.465 e. The zero-order chi connectivity index (χ0) is 24.3. The van der Waals surface area contributed by atoms with Crippen LogP contribution >= 0.6 is 0 Å². The predicted octanol–water partition coefficient (Wildman–Crippen LogP) is 3.26. The second-order valence-electron chi connectivity index (χ2n) is 7.93. The zero-order valence-corrected chi connectivity index (χ0v) is 19.6. The van der Waals surface area contributed by atoms with Crippen molar-refractivity contribution in [2.24, 2.45) is 0 Å². The van der Waals surface area contributed by atoms with Crippen molar-refractivity contribution in [2.75, 3.05) is 24.9 Å². The van der Waals surface area contributed by atoms with Crippen molar-refractivity contribution in [3.05, 3.63) is 59.5 Å². The van der Waals surface area contributed by atoms with Crippen molar-refractivity contribution in [1.82, 2.24) is 15.0 Å². The monoisotopic (exact) mass is 484 g/mol. The van der Waals surface area contributed by atoms with Crippen LogP contribution in [0.1, 0.15) is 45.9 Å². The molecule has 1 aromatic heterocycles. The van der Waals surface area contributed by atoms with Gasteiger partial charge in [-0.05, 0) is 62.1 Å². The Morgan fingerprint density at radius 3 is 2.44 bits per heavy atom. The Morgan fingerprint density at radius 1 is 1.06 bits per heavy atom. The molecule has 1 aliphatic heterocycles. The number of carbonyl (C=O) groups is 2. The molecule has 34 heavy (non-hydrogen) atoms. The van der Waals surface area contributed by atoms with Crippen LogP contribution in [0.15, 0.2) is 51.9 Å². The third-order valence-corrected chi connectivity index (χ3v) is 7.07. The first-order valence-corrected chi connectivity index (χ1v) is 12.2. The SMILES string of the molecule is COC(=O)c1ccc(NS(=O)(=O)c2cc(-c3noc(C(=O)N4CCCCC4)n3)ccc2C)cc1.